The van der Waals surface area contributed by atoms with Gasteiger partial charge in [-0.1, -0.05) is 23.2 Å². The van der Waals surface area contributed by atoms with Crippen molar-refractivity contribution in [3.63, 3.8) is 0 Å². The second-order valence-electron chi connectivity index (χ2n) is 7.30. The molecule has 6 nitrogen and oxygen atoms in total. The third-order valence-corrected chi connectivity index (χ3v) is 5.56. The molecule has 2 N–H and O–H groups in total. The standard InChI is InChI=1S/C23H25Cl2N5O/c1-14-13-19(25)9-10-21(14)27-23(28-22(31)17-5-7-18(24)8-6-17)26-12-11-20-15(2)29-30(4)16(20)3/h5-10,13H,11-12H2,1-4H3,(H2,26,27,28,31). The molecule has 0 saturated carbocycles. The minimum absolute atomic E-state index is 0.275. The summed E-state index contributed by atoms with van der Waals surface area (Å²) in [5, 5.41) is 11.8. The van der Waals surface area contributed by atoms with Gasteiger partial charge in [-0.25, -0.2) is 0 Å². The molecule has 8 heteroatoms. The number of carbonyl (C=O) groups excluding carboxylic acids is 1. The van der Waals surface area contributed by atoms with Crippen molar-refractivity contribution in [3.05, 3.63) is 80.6 Å². The van der Waals surface area contributed by atoms with Crippen molar-refractivity contribution in [2.45, 2.75) is 27.2 Å². The van der Waals surface area contributed by atoms with Gasteiger partial charge in [0.2, 0.25) is 5.96 Å². The number of benzene rings is 2. The van der Waals surface area contributed by atoms with Crippen LogP contribution in [0.3, 0.4) is 0 Å². The van der Waals surface area contributed by atoms with Gasteiger partial charge < -0.3 is 5.32 Å². The number of amides is 1. The van der Waals surface area contributed by atoms with Crippen LogP contribution in [-0.2, 0) is 13.5 Å². The number of aliphatic imine (C=N–C) groups is 1. The summed E-state index contributed by atoms with van der Waals surface area (Å²) in [6.07, 6.45) is 0.715. The number of aryl methyl sites for hydroxylation is 3. The van der Waals surface area contributed by atoms with Crippen LogP contribution in [-0.4, -0.2) is 28.2 Å². The molecule has 1 heterocycles. The lowest BCUT2D eigenvalue weighted by Crippen LogP contribution is -2.36. The molecule has 162 valence electrons. The van der Waals surface area contributed by atoms with Crippen LogP contribution in [0.25, 0.3) is 0 Å². The molecular weight excluding hydrogens is 433 g/mol. The first-order valence-electron chi connectivity index (χ1n) is 9.88. The van der Waals surface area contributed by atoms with Crippen LogP contribution < -0.4 is 10.6 Å². The molecule has 0 spiro atoms. The molecule has 0 aliphatic carbocycles. The summed E-state index contributed by atoms with van der Waals surface area (Å²) in [7, 11) is 1.93. The fraction of sp³-hybridized carbons (Fsp3) is 0.261. The zero-order chi connectivity index (χ0) is 22.5. The molecule has 0 radical (unpaired) electrons. The van der Waals surface area contributed by atoms with E-state index in [1.54, 1.807) is 30.3 Å². The van der Waals surface area contributed by atoms with E-state index >= 15 is 0 Å². The first-order valence-corrected chi connectivity index (χ1v) is 10.6. The predicted molar refractivity (Wildman–Crippen MR) is 127 cm³/mol. The van der Waals surface area contributed by atoms with Gasteiger partial charge in [0.25, 0.3) is 5.91 Å². The van der Waals surface area contributed by atoms with E-state index in [2.05, 4.69) is 20.7 Å². The fourth-order valence-electron chi connectivity index (χ4n) is 3.24. The quantitative estimate of drug-likeness (QED) is 0.413. The number of anilines is 1. The van der Waals surface area contributed by atoms with E-state index in [0.717, 1.165) is 28.2 Å². The van der Waals surface area contributed by atoms with Crippen LogP contribution in [0.5, 0.6) is 0 Å². The van der Waals surface area contributed by atoms with Crippen LogP contribution in [0.2, 0.25) is 10.0 Å². The van der Waals surface area contributed by atoms with E-state index in [9.17, 15) is 4.79 Å². The molecule has 0 atom stereocenters. The lowest BCUT2D eigenvalue weighted by Gasteiger charge is -2.14. The van der Waals surface area contributed by atoms with Crippen molar-refractivity contribution in [2.75, 3.05) is 11.9 Å². The van der Waals surface area contributed by atoms with Gasteiger partial charge in [-0.2, -0.15) is 5.10 Å². The molecule has 31 heavy (non-hydrogen) atoms. The van der Waals surface area contributed by atoms with Crippen LogP contribution >= 0.6 is 23.2 Å². The molecule has 0 unspecified atom stereocenters. The van der Waals surface area contributed by atoms with Gasteiger partial charge in [0, 0.05) is 40.6 Å². The van der Waals surface area contributed by atoms with Crippen LogP contribution in [0.1, 0.15) is 32.9 Å². The number of hydrogen-bond acceptors (Lipinski definition) is 3. The summed E-state index contributed by atoms with van der Waals surface area (Å²) in [5.41, 5.74) is 5.51. The number of hydrogen-bond donors (Lipinski definition) is 2. The topological polar surface area (TPSA) is 71.3 Å². The first kappa shape index (κ1) is 22.8. The van der Waals surface area contributed by atoms with Crippen molar-refractivity contribution in [1.29, 1.82) is 0 Å². The van der Waals surface area contributed by atoms with Crippen LogP contribution in [0.15, 0.2) is 47.5 Å². The molecule has 0 fully saturated rings. The zero-order valence-corrected chi connectivity index (χ0v) is 19.5. The van der Waals surface area contributed by atoms with E-state index < -0.39 is 0 Å². The molecular formula is C23H25Cl2N5O. The van der Waals surface area contributed by atoms with Crippen molar-refractivity contribution in [2.24, 2.45) is 12.0 Å². The number of carbonyl (C=O) groups is 1. The minimum atomic E-state index is -0.275. The Bertz CT molecular complexity index is 1120. The van der Waals surface area contributed by atoms with Crippen molar-refractivity contribution in [1.82, 2.24) is 15.1 Å². The molecule has 2 aromatic carbocycles. The molecule has 3 rings (SSSR count). The molecule has 0 aliphatic rings. The van der Waals surface area contributed by atoms with Crippen LogP contribution in [0, 0.1) is 20.8 Å². The summed E-state index contributed by atoms with van der Waals surface area (Å²) in [5.74, 6) is 0.0906. The Morgan fingerprint density at radius 3 is 2.35 bits per heavy atom. The van der Waals surface area contributed by atoms with Gasteiger partial charge in [0.05, 0.1) is 5.69 Å². The Morgan fingerprint density at radius 2 is 1.74 bits per heavy atom. The second-order valence-corrected chi connectivity index (χ2v) is 8.17. The zero-order valence-electron chi connectivity index (χ0n) is 18.0. The molecule has 1 aromatic heterocycles. The number of halogens is 2. The Balaban J connectivity index is 1.81. The average molecular weight is 458 g/mol. The maximum atomic E-state index is 12.7. The van der Waals surface area contributed by atoms with E-state index in [1.165, 1.54) is 0 Å². The molecule has 1 amide bonds. The van der Waals surface area contributed by atoms with Gasteiger partial charge in [-0.3, -0.25) is 19.8 Å². The van der Waals surface area contributed by atoms with E-state index in [0.29, 0.717) is 34.5 Å². The van der Waals surface area contributed by atoms with Crippen molar-refractivity contribution in [3.8, 4) is 0 Å². The van der Waals surface area contributed by atoms with E-state index in [-0.39, 0.29) is 5.91 Å². The Hall–Kier alpha value is -2.83. The van der Waals surface area contributed by atoms with Crippen LogP contribution in [0.4, 0.5) is 5.69 Å². The van der Waals surface area contributed by atoms with E-state index in [4.69, 9.17) is 23.2 Å². The smallest absolute Gasteiger partial charge is 0.257 e. The highest BCUT2D eigenvalue weighted by Crippen LogP contribution is 2.20. The number of aromatic nitrogens is 2. The monoisotopic (exact) mass is 457 g/mol. The largest absolute Gasteiger partial charge is 0.326 e. The summed E-state index contributed by atoms with van der Waals surface area (Å²) < 4.78 is 1.87. The number of nitrogens with zero attached hydrogens (tertiary/aromatic N) is 3. The summed E-state index contributed by atoms with van der Waals surface area (Å²) in [6.45, 7) is 6.46. The average Bonchev–Trinajstić information content (AvgIpc) is 2.96. The fourth-order valence-corrected chi connectivity index (χ4v) is 3.60. The lowest BCUT2D eigenvalue weighted by molar-refractivity contribution is 0.0977. The highest BCUT2D eigenvalue weighted by molar-refractivity contribution is 6.31. The Labute approximate surface area is 192 Å². The van der Waals surface area contributed by atoms with Gasteiger partial charge >= 0.3 is 0 Å². The predicted octanol–water partition coefficient (Wildman–Crippen LogP) is 5.09. The highest BCUT2D eigenvalue weighted by Gasteiger charge is 2.12. The minimum Gasteiger partial charge on any atom is -0.326 e. The molecule has 0 aliphatic heterocycles. The molecule has 0 bridgehead atoms. The summed E-state index contributed by atoms with van der Waals surface area (Å²) in [4.78, 5) is 17.4. The summed E-state index contributed by atoms with van der Waals surface area (Å²) in [6, 6.07) is 12.2. The number of nitrogens with one attached hydrogen (secondary N) is 2. The highest BCUT2D eigenvalue weighted by atomic mass is 35.5. The normalized spacial score (nSPS) is 11.5. The lowest BCUT2D eigenvalue weighted by atomic mass is 10.1. The third kappa shape index (κ3) is 5.87. The maximum Gasteiger partial charge on any atom is 0.257 e. The first-order chi connectivity index (χ1) is 14.7. The Morgan fingerprint density at radius 1 is 1.06 bits per heavy atom. The van der Waals surface area contributed by atoms with Gasteiger partial charge in [-0.05, 0) is 80.8 Å². The van der Waals surface area contributed by atoms with Gasteiger partial charge in [0.1, 0.15) is 0 Å². The van der Waals surface area contributed by atoms with Crippen molar-refractivity contribution < 1.29 is 4.79 Å². The number of rotatable bonds is 5. The SMILES string of the molecule is Cc1cc(Cl)ccc1NC(=NCCc1c(C)nn(C)c1C)NC(=O)c1ccc(Cl)cc1. The second kappa shape index (κ2) is 9.98. The van der Waals surface area contributed by atoms with E-state index in [1.807, 2.05) is 44.6 Å². The third-order valence-electron chi connectivity index (χ3n) is 5.07. The Kier molecular flexibility index (Phi) is 7.36. The summed E-state index contributed by atoms with van der Waals surface area (Å²) >= 11 is 12.0. The maximum absolute atomic E-state index is 12.7. The van der Waals surface area contributed by atoms with Gasteiger partial charge in [-0.15, -0.1) is 0 Å². The number of guanidine groups is 1. The van der Waals surface area contributed by atoms with Crippen molar-refractivity contribution >= 4 is 40.8 Å². The van der Waals surface area contributed by atoms with Gasteiger partial charge in [0.15, 0.2) is 0 Å². The molecule has 0 saturated heterocycles. The molecule has 3 aromatic rings.